The van der Waals surface area contributed by atoms with Gasteiger partial charge in [-0.3, -0.25) is 14.2 Å². The molecule has 1 aliphatic carbocycles. The van der Waals surface area contributed by atoms with Gasteiger partial charge in [0.15, 0.2) is 9.99 Å². The highest BCUT2D eigenvalue weighted by molar-refractivity contribution is 8.01. The van der Waals surface area contributed by atoms with E-state index in [1.54, 1.807) is 12.1 Å². The lowest BCUT2D eigenvalue weighted by atomic mass is 10.2. The number of fused-ring (bicyclic) bond motifs is 1. The average Bonchev–Trinajstić information content (AvgIpc) is 3.37. The maximum Gasteiger partial charge on any atom is 0.337 e. The fourth-order valence-corrected chi connectivity index (χ4v) is 5.72. The van der Waals surface area contributed by atoms with Gasteiger partial charge < -0.3 is 5.32 Å². The first kappa shape index (κ1) is 20.9. The molecule has 0 radical (unpaired) electrons. The van der Waals surface area contributed by atoms with Gasteiger partial charge in [0.25, 0.3) is 5.56 Å². The zero-order chi connectivity index (χ0) is 21.3. The standard InChI is InChI=1S/C21H24N4O3S2/c1-3-29-20-23-18-17(30-20)19(27)25(15-10-8-13(2)9-11-15)21(28)24(18)12-16(26)22-14-6-4-5-7-14/h8-11,14H,3-7,12H2,1-2H3,(H,22,26). The molecule has 2 aromatic heterocycles. The first-order chi connectivity index (χ1) is 14.5. The van der Waals surface area contributed by atoms with E-state index in [4.69, 9.17) is 0 Å². The van der Waals surface area contributed by atoms with Crippen LogP contribution in [0, 0.1) is 6.92 Å². The quantitative estimate of drug-likeness (QED) is 0.591. The Morgan fingerprint density at radius 3 is 2.60 bits per heavy atom. The number of benzene rings is 1. The highest BCUT2D eigenvalue weighted by Gasteiger charge is 2.22. The Hall–Kier alpha value is -2.39. The van der Waals surface area contributed by atoms with Crippen LogP contribution in [0.4, 0.5) is 0 Å². The summed E-state index contributed by atoms with van der Waals surface area (Å²) in [6, 6.07) is 7.36. The highest BCUT2D eigenvalue weighted by Crippen LogP contribution is 2.27. The van der Waals surface area contributed by atoms with E-state index in [1.165, 1.54) is 27.7 Å². The van der Waals surface area contributed by atoms with Gasteiger partial charge in [0.05, 0.1) is 5.69 Å². The molecule has 30 heavy (non-hydrogen) atoms. The summed E-state index contributed by atoms with van der Waals surface area (Å²) in [5.74, 6) is 0.579. The Balaban J connectivity index is 1.83. The van der Waals surface area contributed by atoms with E-state index < -0.39 is 11.2 Å². The van der Waals surface area contributed by atoms with Crippen LogP contribution in [-0.4, -0.2) is 31.8 Å². The molecule has 0 spiro atoms. The minimum Gasteiger partial charge on any atom is -0.352 e. The summed E-state index contributed by atoms with van der Waals surface area (Å²) in [6.45, 7) is 3.79. The molecule has 1 aromatic carbocycles. The summed E-state index contributed by atoms with van der Waals surface area (Å²) < 4.78 is 3.58. The fourth-order valence-electron chi connectivity index (χ4n) is 3.75. The van der Waals surface area contributed by atoms with Crippen LogP contribution in [-0.2, 0) is 11.3 Å². The van der Waals surface area contributed by atoms with Crippen molar-refractivity contribution in [1.29, 1.82) is 0 Å². The first-order valence-corrected chi connectivity index (χ1v) is 11.9. The highest BCUT2D eigenvalue weighted by atomic mass is 32.2. The normalized spacial score (nSPS) is 14.5. The average molecular weight is 445 g/mol. The third kappa shape index (κ3) is 4.09. The van der Waals surface area contributed by atoms with E-state index in [1.807, 2.05) is 26.0 Å². The molecule has 1 saturated carbocycles. The maximum atomic E-state index is 13.3. The zero-order valence-corrected chi connectivity index (χ0v) is 18.6. The molecule has 158 valence electrons. The van der Waals surface area contributed by atoms with Gasteiger partial charge in [0, 0.05) is 6.04 Å². The van der Waals surface area contributed by atoms with Gasteiger partial charge in [0.2, 0.25) is 5.91 Å². The van der Waals surface area contributed by atoms with Crippen molar-refractivity contribution in [2.24, 2.45) is 0 Å². The van der Waals surface area contributed by atoms with Crippen molar-refractivity contribution < 1.29 is 4.79 Å². The summed E-state index contributed by atoms with van der Waals surface area (Å²) in [6.07, 6.45) is 4.15. The summed E-state index contributed by atoms with van der Waals surface area (Å²) in [5.41, 5.74) is 0.864. The number of rotatable bonds is 6. The van der Waals surface area contributed by atoms with Gasteiger partial charge in [-0.1, -0.05) is 49.2 Å². The predicted molar refractivity (Wildman–Crippen MR) is 121 cm³/mol. The summed E-state index contributed by atoms with van der Waals surface area (Å²) >= 11 is 2.79. The number of hydrogen-bond acceptors (Lipinski definition) is 6. The van der Waals surface area contributed by atoms with Crippen LogP contribution >= 0.6 is 23.1 Å². The zero-order valence-electron chi connectivity index (χ0n) is 17.0. The number of thioether (sulfide) groups is 1. The van der Waals surface area contributed by atoms with E-state index in [2.05, 4.69) is 10.3 Å². The van der Waals surface area contributed by atoms with Gasteiger partial charge in [-0.05, 0) is 37.7 Å². The number of hydrogen-bond donors (Lipinski definition) is 1. The number of carbonyl (C=O) groups is 1. The number of nitrogens with one attached hydrogen (secondary N) is 1. The van der Waals surface area contributed by atoms with Crippen LogP contribution in [0.1, 0.15) is 38.2 Å². The van der Waals surface area contributed by atoms with E-state index in [-0.39, 0.29) is 24.1 Å². The van der Waals surface area contributed by atoms with E-state index in [0.717, 1.165) is 45.9 Å². The van der Waals surface area contributed by atoms with Crippen molar-refractivity contribution >= 4 is 39.4 Å². The largest absolute Gasteiger partial charge is 0.352 e. The van der Waals surface area contributed by atoms with Crippen molar-refractivity contribution in [2.75, 3.05) is 5.75 Å². The number of aryl methyl sites for hydroxylation is 1. The van der Waals surface area contributed by atoms with Gasteiger partial charge in [-0.15, -0.1) is 11.3 Å². The minimum atomic E-state index is -0.545. The molecule has 1 fully saturated rings. The monoisotopic (exact) mass is 444 g/mol. The van der Waals surface area contributed by atoms with Crippen molar-refractivity contribution in [3.05, 3.63) is 50.7 Å². The summed E-state index contributed by atoms with van der Waals surface area (Å²) in [4.78, 5) is 43.7. The van der Waals surface area contributed by atoms with Gasteiger partial charge in [-0.2, -0.15) is 0 Å². The molecule has 0 unspecified atom stereocenters. The molecule has 0 aliphatic heterocycles. The molecule has 1 amide bonds. The van der Waals surface area contributed by atoms with Crippen LogP contribution < -0.4 is 16.6 Å². The number of thiazole rings is 1. The molecule has 3 aromatic rings. The van der Waals surface area contributed by atoms with Crippen LogP contribution in [0.25, 0.3) is 16.0 Å². The number of aromatic nitrogens is 3. The maximum absolute atomic E-state index is 13.3. The lowest BCUT2D eigenvalue weighted by Crippen LogP contribution is -2.43. The van der Waals surface area contributed by atoms with Crippen LogP contribution in [0.3, 0.4) is 0 Å². The topological polar surface area (TPSA) is 86.0 Å². The molecular weight excluding hydrogens is 420 g/mol. The minimum absolute atomic E-state index is 0.155. The molecule has 7 nitrogen and oxygen atoms in total. The van der Waals surface area contributed by atoms with Crippen molar-refractivity contribution in [1.82, 2.24) is 19.4 Å². The number of carbonyl (C=O) groups excluding carboxylic acids is 1. The Labute approximate surface area is 182 Å². The van der Waals surface area contributed by atoms with Crippen molar-refractivity contribution in [3.63, 3.8) is 0 Å². The lowest BCUT2D eigenvalue weighted by molar-refractivity contribution is -0.122. The van der Waals surface area contributed by atoms with E-state index in [9.17, 15) is 14.4 Å². The van der Waals surface area contributed by atoms with Crippen LogP contribution in [0.5, 0.6) is 0 Å². The molecule has 0 saturated heterocycles. The third-order valence-electron chi connectivity index (χ3n) is 5.25. The molecule has 0 atom stereocenters. The molecule has 9 heteroatoms. The second kappa shape index (κ2) is 8.77. The van der Waals surface area contributed by atoms with Crippen LogP contribution in [0.15, 0.2) is 38.2 Å². The SMILES string of the molecule is CCSc1nc2c(s1)c(=O)n(-c1ccc(C)cc1)c(=O)n2CC(=O)NC1CCCC1. The molecular formula is C21H24N4O3S2. The van der Waals surface area contributed by atoms with Crippen molar-refractivity contribution in [2.45, 2.75) is 56.5 Å². The second-order valence-corrected chi connectivity index (χ2v) is 9.97. The van der Waals surface area contributed by atoms with Gasteiger partial charge >= 0.3 is 5.69 Å². The smallest absolute Gasteiger partial charge is 0.337 e. The Bertz CT molecular complexity index is 1190. The lowest BCUT2D eigenvalue weighted by Gasteiger charge is -2.14. The number of nitrogens with zero attached hydrogens (tertiary/aromatic N) is 3. The first-order valence-electron chi connectivity index (χ1n) is 10.1. The van der Waals surface area contributed by atoms with Crippen molar-refractivity contribution in [3.8, 4) is 5.69 Å². The fraction of sp³-hybridized carbons (Fsp3) is 0.429. The number of amides is 1. The van der Waals surface area contributed by atoms with Gasteiger partial charge in [-0.25, -0.2) is 14.3 Å². The predicted octanol–water partition coefficient (Wildman–Crippen LogP) is 3.09. The Kier molecular flexibility index (Phi) is 6.10. The van der Waals surface area contributed by atoms with Gasteiger partial charge in [0.1, 0.15) is 11.2 Å². The summed E-state index contributed by atoms with van der Waals surface area (Å²) in [7, 11) is 0. The molecule has 4 rings (SSSR count). The summed E-state index contributed by atoms with van der Waals surface area (Å²) in [5, 5.41) is 3.02. The third-order valence-corrected chi connectivity index (χ3v) is 7.30. The van der Waals surface area contributed by atoms with E-state index in [0.29, 0.717) is 10.4 Å². The second-order valence-electron chi connectivity index (χ2n) is 7.46. The molecule has 0 bridgehead atoms. The van der Waals surface area contributed by atoms with E-state index >= 15 is 0 Å². The molecule has 1 N–H and O–H groups in total. The Morgan fingerprint density at radius 1 is 1.23 bits per heavy atom. The Morgan fingerprint density at radius 2 is 1.93 bits per heavy atom. The molecule has 1 aliphatic rings. The molecule has 2 heterocycles. The van der Waals surface area contributed by atoms with Crippen LogP contribution in [0.2, 0.25) is 0 Å².